The molecule has 2 aliphatic rings. The average Bonchev–Trinajstić information content (AvgIpc) is 2.85. The highest BCUT2D eigenvalue weighted by Gasteiger charge is 2.27. The van der Waals surface area contributed by atoms with E-state index in [0.29, 0.717) is 5.92 Å². The van der Waals surface area contributed by atoms with Crippen molar-refractivity contribution in [2.24, 2.45) is 5.73 Å². The first-order valence-electron chi connectivity index (χ1n) is 7.72. The molecule has 0 amide bonds. The van der Waals surface area contributed by atoms with Gasteiger partial charge in [0.2, 0.25) is 0 Å². The van der Waals surface area contributed by atoms with Crippen LogP contribution in [0, 0.1) is 0 Å². The van der Waals surface area contributed by atoms with Gasteiger partial charge in [-0.2, -0.15) is 0 Å². The second-order valence-corrected chi connectivity index (χ2v) is 5.73. The van der Waals surface area contributed by atoms with Gasteiger partial charge in [-0.1, -0.05) is 18.2 Å². The van der Waals surface area contributed by atoms with Gasteiger partial charge in [0, 0.05) is 44.3 Å². The van der Waals surface area contributed by atoms with Crippen molar-refractivity contribution in [2.75, 3.05) is 57.4 Å². The van der Waals surface area contributed by atoms with E-state index in [9.17, 15) is 0 Å². The van der Waals surface area contributed by atoms with Gasteiger partial charge in [-0.05, 0) is 24.6 Å². The highest BCUT2D eigenvalue weighted by atomic mass is 16.5. The molecule has 4 nitrogen and oxygen atoms in total. The normalized spacial score (nSPS) is 23.1. The fourth-order valence-corrected chi connectivity index (χ4v) is 3.33. The van der Waals surface area contributed by atoms with Crippen molar-refractivity contribution in [1.29, 1.82) is 0 Å². The Labute approximate surface area is 121 Å². The lowest BCUT2D eigenvalue weighted by Crippen LogP contribution is -2.41. The summed E-state index contributed by atoms with van der Waals surface area (Å²) in [5, 5.41) is 0. The lowest BCUT2D eigenvalue weighted by molar-refractivity contribution is 0.0392. The van der Waals surface area contributed by atoms with E-state index in [1.54, 1.807) is 0 Å². The first-order chi connectivity index (χ1) is 9.88. The number of rotatable bonds is 5. The third-order valence-corrected chi connectivity index (χ3v) is 4.46. The van der Waals surface area contributed by atoms with Crippen molar-refractivity contribution in [3.8, 4) is 0 Å². The van der Waals surface area contributed by atoms with E-state index in [1.807, 2.05) is 0 Å². The zero-order valence-electron chi connectivity index (χ0n) is 12.1. The molecular weight excluding hydrogens is 250 g/mol. The maximum Gasteiger partial charge on any atom is 0.0594 e. The molecule has 1 aromatic rings. The fourth-order valence-electron chi connectivity index (χ4n) is 3.33. The highest BCUT2D eigenvalue weighted by Crippen LogP contribution is 2.37. The zero-order valence-corrected chi connectivity index (χ0v) is 12.1. The van der Waals surface area contributed by atoms with Gasteiger partial charge >= 0.3 is 0 Å². The van der Waals surface area contributed by atoms with Crippen LogP contribution in [0.2, 0.25) is 0 Å². The van der Waals surface area contributed by atoms with Crippen molar-refractivity contribution in [2.45, 2.75) is 12.3 Å². The first-order valence-corrected chi connectivity index (χ1v) is 7.72. The number of ether oxygens (including phenoxy) is 1. The first kappa shape index (κ1) is 13.9. The van der Waals surface area contributed by atoms with Crippen LogP contribution >= 0.6 is 0 Å². The number of morpholine rings is 1. The molecule has 2 N–H and O–H groups in total. The van der Waals surface area contributed by atoms with E-state index in [-0.39, 0.29) is 0 Å². The zero-order chi connectivity index (χ0) is 13.8. The monoisotopic (exact) mass is 275 g/mol. The molecule has 2 heterocycles. The van der Waals surface area contributed by atoms with Crippen LogP contribution in [0.3, 0.4) is 0 Å². The van der Waals surface area contributed by atoms with Crippen LogP contribution in [0.5, 0.6) is 0 Å². The summed E-state index contributed by atoms with van der Waals surface area (Å²) < 4.78 is 5.41. The van der Waals surface area contributed by atoms with Gasteiger partial charge in [-0.25, -0.2) is 0 Å². The van der Waals surface area contributed by atoms with E-state index in [1.165, 1.54) is 11.3 Å². The summed E-state index contributed by atoms with van der Waals surface area (Å²) in [6.45, 7) is 8.05. The Morgan fingerprint density at radius 1 is 1.15 bits per heavy atom. The Hall–Kier alpha value is -1.10. The molecule has 1 aromatic carbocycles. The fraction of sp³-hybridized carbons (Fsp3) is 0.625. The van der Waals surface area contributed by atoms with Gasteiger partial charge in [0.15, 0.2) is 0 Å². The number of anilines is 1. The van der Waals surface area contributed by atoms with Gasteiger partial charge in [-0.3, -0.25) is 4.90 Å². The molecule has 0 saturated carbocycles. The summed E-state index contributed by atoms with van der Waals surface area (Å²) >= 11 is 0. The number of benzene rings is 1. The maximum atomic E-state index is 5.76. The number of hydrogen-bond donors (Lipinski definition) is 1. The highest BCUT2D eigenvalue weighted by molar-refractivity contribution is 5.60. The molecular formula is C16H25N3O. The third-order valence-electron chi connectivity index (χ3n) is 4.46. The van der Waals surface area contributed by atoms with E-state index in [4.69, 9.17) is 10.5 Å². The van der Waals surface area contributed by atoms with Crippen LogP contribution in [0.25, 0.3) is 0 Å². The second kappa shape index (κ2) is 6.57. The predicted molar refractivity (Wildman–Crippen MR) is 82.3 cm³/mol. The van der Waals surface area contributed by atoms with Crippen LogP contribution in [0.15, 0.2) is 24.3 Å². The lowest BCUT2D eigenvalue weighted by atomic mass is 9.98. The van der Waals surface area contributed by atoms with Crippen LogP contribution in [0.1, 0.15) is 17.9 Å². The molecule has 0 aromatic heterocycles. The molecule has 0 radical (unpaired) electrons. The minimum Gasteiger partial charge on any atom is -0.379 e. The van der Waals surface area contributed by atoms with Crippen LogP contribution in [-0.4, -0.2) is 57.4 Å². The summed E-state index contributed by atoms with van der Waals surface area (Å²) in [4.78, 5) is 5.04. The third kappa shape index (κ3) is 2.97. The van der Waals surface area contributed by atoms with Crippen molar-refractivity contribution in [3.63, 3.8) is 0 Å². The van der Waals surface area contributed by atoms with Gasteiger partial charge in [-0.15, -0.1) is 0 Å². The Bertz CT molecular complexity index is 431. The van der Waals surface area contributed by atoms with Crippen molar-refractivity contribution >= 4 is 5.69 Å². The van der Waals surface area contributed by atoms with Gasteiger partial charge in [0.05, 0.1) is 13.2 Å². The van der Waals surface area contributed by atoms with E-state index in [2.05, 4.69) is 34.1 Å². The second-order valence-electron chi connectivity index (χ2n) is 5.73. The van der Waals surface area contributed by atoms with Crippen LogP contribution in [0.4, 0.5) is 5.69 Å². The summed E-state index contributed by atoms with van der Waals surface area (Å²) in [7, 11) is 0. The van der Waals surface area contributed by atoms with Gasteiger partial charge in [0.25, 0.3) is 0 Å². The molecule has 1 fully saturated rings. The minimum absolute atomic E-state index is 0.612. The van der Waals surface area contributed by atoms with E-state index in [0.717, 1.165) is 58.9 Å². The standard InChI is InChI=1S/C16H25N3O/c17-6-5-14-13-19(16-4-2-1-3-15(14)16)8-7-18-9-11-20-12-10-18/h1-4,14H,5-13,17H2. The Balaban J connectivity index is 1.62. The molecule has 4 heteroatoms. The summed E-state index contributed by atoms with van der Waals surface area (Å²) in [5.74, 6) is 0.612. The Kier molecular flexibility index (Phi) is 4.55. The number of para-hydroxylation sites is 1. The molecule has 2 aliphatic heterocycles. The van der Waals surface area contributed by atoms with E-state index < -0.39 is 0 Å². The largest absolute Gasteiger partial charge is 0.379 e. The molecule has 0 aliphatic carbocycles. The predicted octanol–water partition coefficient (Wildman–Crippen LogP) is 1.27. The van der Waals surface area contributed by atoms with Crippen molar-refractivity contribution < 1.29 is 4.74 Å². The molecule has 20 heavy (non-hydrogen) atoms. The molecule has 1 atom stereocenters. The number of nitrogens with zero attached hydrogens (tertiary/aromatic N) is 2. The smallest absolute Gasteiger partial charge is 0.0594 e. The van der Waals surface area contributed by atoms with Crippen LogP contribution < -0.4 is 10.6 Å². The van der Waals surface area contributed by atoms with Gasteiger partial charge < -0.3 is 15.4 Å². The van der Waals surface area contributed by atoms with Crippen LogP contribution in [-0.2, 0) is 4.74 Å². The maximum absolute atomic E-state index is 5.76. The van der Waals surface area contributed by atoms with Crippen molar-refractivity contribution in [3.05, 3.63) is 29.8 Å². The topological polar surface area (TPSA) is 41.7 Å². The number of hydrogen-bond acceptors (Lipinski definition) is 4. The SMILES string of the molecule is NCCC1CN(CCN2CCOCC2)c2ccccc21. The minimum atomic E-state index is 0.612. The molecule has 1 unspecified atom stereocenters. The molecule has 0 spiro atoms. The summed E-state index contributed by atoms with van der Waals surface area (Å²) in [6, 6.07) is 8.81. The number of fused-ring (bicyclic) bond motifs is 1. The Morgan fingerprint density at radius 2 is 1.95 bits per heavy atom. The molecule has 1 saturated heterocycles. The summed E-state index contributed by atoms with van der Waals surface area (Å²) in [5.41, 5.74) is 8.66. The lowest BCUT2D eigenvalue weighted by Gasteiger charge is -2.29. The molecule has 0 bridgehead atoms. The average molecular weight is 275 g/mol. The van der Waals surface area contributed by atoms with Gasteiger partial charge in [0.1, 0.15) is 0 Å². The van der Waals surface area contributed by atoms with Crippen molar-refractivity contribution in [1.82, 2.24) is 4.90 Å². The molecule has 3 rings (SSSR count). The number of nitrogens with two attached hydrogens (primary N) is 1. The van der Waals surface area contributed by atoms with E-state index >= 15 is 0 Å². The summed E-state index contributed by atoms with van der Waals surface area (Å²) in [6.07, 6.45) is 1.09. The quantitative estimate of drug-likeness (QED) is 0.879. The Morgan fingerprint density at radius 3 is 2.75 bits per heavy atom. The molecule has 110 valence electrons.